The first-order valence-electron chi connectivity index (χ1n) is 6.50. The van der Waals surface area contributed by atoms with Gasteiger partial charge in [-0.15, -0.1) is 0 Å². The molecule has 2 N–H and O–H groups in total. The van der Waals surface area contributed by atoms with Crippen LogP contribution in [0, 0.1) is 0 Å². The number of aromatic nitrogens is 3. The van der Waals surface area contributed by atoms with Gasteiger partial charge in [-0.2, -0.15) is 0 Å². The van der Waals surface area contributed by atoms with Crippen LogP contribution in [0.15, 0.2) is 18.6 Å². The Morgan fingerprint density at radius 1 is 1.45 bits per heavy atom. The lowest BCUT2D eigenvalue weighted by atomic mass is 10.2. The van der Waals surface area contributed by atoms with Crippen molar-refractivity contribution in [1.82, 2.24) is 24.8 Å². The predicted octanol–water partition coefficient (Wildman–Crippen LogP) is -0.295. The van der Waals surface area contributed by atoms with Gasteiger partial charge in [0.05, 0.1) is 17.5 Å². The fourth-order valence-electron chi connectivity index (χ4n) is 2.64. The monoisotopic (exact) mass is 275 g/mol. The normalized spacial score (nSPS) is 22.9. The average molecular weight is 275 g/mol. The Kier molecular flexibility index (Phi) is 3.15. The third kappa shape index (κ3) is 2.04. The number of aliphatic hydroxyl groups excluding tert-OH is 1. The number of likely N-dealkylation sites (tertiary alicyclic amines) is 1. The summed E-state index contributed by atoms with van der Waals surface area (Å²) in [5.41, 5.74) is 1.02. The second kappa shape index (κ2) is 4.84. The predicted molar refractivity (Wildman–Crippen MR) is 73.3 cm³/mol. The first kappa shape index (κ1) is 13.0. The molecule has 7 heteroatoms. The fourth-order valence-corrected chi connectivity index (χ4v) is 2.64. The van der Waals surface area contributed by atoms with Crippen molar-refractivity contribution < 1.29 is 9.90 Å². The number of hydrogen-bond donors (Lipinski definition) is 2. The van der Waals surface area contributed by atoms with E-state index in [0.717, 1.165) is 0 Å². The molecule has 3 rings (SSSR count). The minimum atomic E-state index is -0.530. The average Bonchev–Trinajstić information content (AvgIpc) is 3.03. The lowest BCUT2D eigenvalue weighted by molar-refractivity contribution is 0.0760. The summed E-state index contributed by atoms with van der Waals surface area (Å²) < 4.78 is 0. The van der Waals surface area contributed by atoms with E-state index in [1.807, 2.05) is 19.0 Å². The van der Waals surface area contributed by atoms with Gasteiger partial charge < -0.3 is 19.9 Å². The highest BCUT2D eigenvalue weighted by Gasteiger charge is 2.36. The molecule has 1 fully saturated rings. The smallest absolute Gasteiger partial charge is 0.273 e. The zero-order valence-corrected chi connectivity index (χ0v) is 11.4. The number of hydrogen-bond acceptors (Lipinski definition) is 5. The van der Waals surface area contributed by atoms with Gasteiger partial charge in [0, 0.05) is 19.3 Å². The molecule has 0 spiro atoms. The van der Waals surface area contributed by atoms with Crippen molar-refractivity contribution in [2.75, 3.05) is 27.2 Å². The minimum absolute atomic E-state index is 0.0393. The van der Waals surface area contributed by atoms with Gasteiger partial charge in [-0.3, -0.25) is 4.79 Å². The number of likely N-dealkylation sites (N-methyl/N-ethyl adjacent to an activating group) is 1. The zero-order chi connectivity index (χ0) is 14.3. The molecule has 20 heavy (non-hydrogen) atoms. The van der Waals surface area contributed by atoms with Crippen LogP contribution in [0.25, 0.3) is 11.0 Å². The standard InChI is InChI=1S/C13H17N5O2/c1-17(2)9-5-18(6-10(9)19)13(20)11-8-3-4-14-12(8)16-7-15-11/h3-4,7,9-10,19H,5-6H2,1-2H3,(H,14,15,16)/t9-,10-/m0/s1. The molecule has 1 aliphatic heterocycles. The second-order valence-electron chi connectivity index (χ2n) is 5.27. The Hall–Kier alpha value is -1.99. The summed E-state index contributed by atoms with van der Waals surface area (Å²) in [5.74, 6) is -0.166. The van der Waals surface area contributed by atoms with Crippen LogP contribution in [0.2, 0.25) is 0 Å². The van der Waals surface area contributed by atoms with Gasteiger partial charge in [-0.25, -0.2) is 9.97 Å². The third-order valence-electron chi connectivity index (χ3n) is 3.77. The Morgan fingerprint density at radius 2 is 2.25 bits per heavy atom. The van der Waals surface area contributed by atoms with Crippen LogP contribution >= 0.6 is 0 Å². The van der Waals surface area contributed by atoms with Crippen LogP contribution < -0.4 is 0 Å². The van der Waals surface area contributed by atoms with E-state index in [1.165, 1.54) is 6.33 Å². The van der Waals surface area contributed by atoms with Crippen molar-refractivity contribution >= 4 is 16.9 Å². The molecule has 1 saturated heterocycles. The van der Waals surface area contributed by atoms with E-state index in [2.05, 4.69) is 15.0 Å². The fraction of sp³-hybridized carbons (Fsp3) is 0.462. The zero-order valence-electron chi connectivity index (χ0n) is 11.4. The van der Waals surface area contributed by atoms with Gasteiger partial charge in [0.25, 0.3) is 5.91 Å². The van der Waals surface area contributed by atoms with Crippen molar-refractivity contribution in [2.45, 2.75) is 12.1 Å². The van der Waals surface area contributed by atoms with Crippen LogP contribution in [-0.2, 0) is 0 Å². The molecule has 2 aromatic rings. The Labute approximate surface area is 116 Å². The number of H-pyrrole nitrogens is 1. The molecule has 0 aromatic carbocycles. The molecule has 0 radical (unpaired) electrons. The number of β-amino-alcohol motifs (C(OH)–C–C–N with tert-alkyl or cyclic N) is 1. The van der Waals surface area contributed by atoms with Gasteiger partial charge in [0.2, 0.25) is 0 Å². The van der Waals surface area contributed by atoms with Crippen molar-refractivity contribution in [3.8, 4) is 0 Å². The minimum Gasteiger partial charge on any atom is -0.390 e. The number of carbonyl (C=O) groups excluding carboxylic acids is 1. The summed E-state index contributed by atoms with van der Waals surface area (Å²) in [7, 11) is 3.80. The van der Waals surface area contributed by atoms with Gasteiger partial charge >= 0.3 is 0 Å². The van der Waals surface area contributed by atoms with Crippen LogP contribution in [0.4, 0.5) is 0 Å². The van der Waals surface area contributed by atoms with Gasteiger partial charge in [0.15, 0.2) is 0 Å². The Morgan fingerprint density at radius 3 is 2.95 bits per heavy atom. The maximum atomic E-state index is 12.6. The number of amides is 1. The quantitative estimate of drug-likeness (QED) is 0.786. The largest absolute Gasteiger partial charge is 0.390 e. The molecule has 7 nitrogen and oxygen atoms in total. The van der Waals surface area contributed by atoms with Gasteiger partial charge in [-0.05, 0) is 20.2 Å². The molecule has 1 amide bonds. The molecule has 0 bridgehead atoms. The van der Waals surface area contributed by atoms with Crippen LogP contribution in [0.1, 0.15) is 10.5 Å². The van der Waals surface area contributed by atoms with Crippen molar-refractivity contribution in [3.05, 3.63) is 24.3 Å². The van der Waals surface area contributed by atoms with Crippen LogP contribution in [0.3, 0.4) is 0 Å². The highest BCUT2D eigenvalue weighted by molar-refractivity contribution is 6.03. The van der Waals surface area contributed by atoms with E-state index < -0.39 is 6.10 Å². The molecular weight excluding hydrogens is 258 g/mol. The highest BCUT2D eigenvalue weighted by Crippen LogP contribution is 2.20. The highest BCUT2D eigenvalue weighted by atomic mass is 16.3. The first-order valence-corrected chi connectivity index (χ1v) is 6.50. The Balaban J connectivity index is 1.88. The third-order valence-corrected chi connectivity index (χ3v) is 3.77. The van der Waals surface area contributed by atoms with Gasteiger partial charge in [-0.1, -0.05) is 0 Å². The SMILES string of the molecule is CN(C)[C@H]1CN(C(=O)c2ncnc3[nH]ccc23)C[C@@H]1O. The lowest BCUT2D eigenvalue weighted by Crippen LogP contribution is -2.38. The molecule has 2 aromatic heterocycles. The molecule has 2 atom stereocenters. The summed E-state index contributed by atoms with van der Waals surface area (Å²) in [6.07, 6.45) is 2.58. The Bertz CT molecular complexity index is 638. The van der Waals surface area contributed by atoms with Crippen molar-refractivity contribution in [2.24, 2.45) is 0 Å². The maximum absolute atomic E-state index is 12.6. The van der Waals surface area contributed by atoms with E-state index in [9.17, 15) is 9.90 Å². The van der Waals surface area contributed by atoms with E-state index in [-0.39, 0.29) is 11.9 Å². The first-order chi connectivity index (χ1) is 9.58. The van der Waals surface area contributed by atoms with E-state index >= 15 is 0 Å². The number of aliphatic hydroxyl groups is 1. The molecule has 0 unspecified atom stereocenters. The molecule has 1 aliphatic rings. The maximum Gasteiger partial charge on any atom is 0.273 e. The number of aromatic amines is 1. The van der Waals surface area contributed by atoms with Crippen LogP contribution in [0.5, 0.6) is 0 Å². The number of nitrogens with zero attached hydrogens (tertiary/aromatic N) is 4. The molecule has 0 saturated carbocycles. The number of carbonyl (C=O) groups is 1. The van der Waals surface area contributed by atoms with E-state index in [4.69, 9.17) is 0 Å². The van der Waals surface area contributed by atoms with Crippen LogP contribution in [-0.4, -0.2) is 75.1 Å². The summed E-state index contributed by atoms with van der Waals surface area (Å²) in [6, 6.07) is 1.75. The van der Waals surface area contributed by atoms with Crippen molar-refractivity contribution in [3.63, 3.8) is 0 Å². The summed E-state index contributed by atoms with van der Waals surface area (Å²) in [4.78, 5) is 27.3. The molecule has 0 aliphatic carbocycles. The van der Waals surface area contributed by atoms with Gasteiger partial charge in [0.1, 0.15) is 17.7 Å². The van der Waals surface area contributed by atoms with E-state index in [0.29, 0.717) is 29.8 Å². The molecular formula is C13H17N5O2. The summed E-state index contributed by atoms with van der Waals surface area (Å²) >= 11 is 0. The second-order valence-corrected chi connectivity index (χ2v) is 5.27. The van der Waals surface area contributed by atoms with Crippen molar-refractivity contribution in [1.29, 1.82) is 0 Å². The lowest BCUT2D eigenvalue weighted by Gasteiger charge is -2.21. The number of nitrogens with one attached hydrogen (secondary N) is 1. The molecule has 106 valence electrons. The summed E-state index contributed by atoms with van der Waals surface area (Å²) in [6.45, 7) is 0.834. The topological polar surface area (TPSA) is 85.4 Å². The summed E-state index contributed by atoms with van der Waals surface area (Å²) in [5, 5.41) is 10.7. The number of rotatable bonds is 2. The number of fused-ring (bicyclic) bond motifs is 1. The van der Waals surface area contributed by atoms with E-state index in [1.54, 1.807) is 17.2 Å². The molecule has 3 heterocycles.